The van der Waals surface area contributed by atoms with E-state index in [2.05, 4.69) is 10.6 Å². The van der Waals surface area contributed by atoms with Crippen LogP contribution in [-0.4, -0.2) is 42.4 Å². The standard InChI is InChI=1S/C12H22N2O4/c1-4-8(5-2)13-11(17)14-9-6-18-7-12(9,3)10(15)16/h8-9H,4-7H2,1-3H3,(H,15,16)(H2,13,14,17). The number of rotatable bonds is 5. The maximum absolute atomic E-state index is 11.8. The largest absolute Gasteiger partial charge is 0.481 e. The zero-order valence-electron chi connectivity index (χ0n) is 11.2. The SMILES string of the molecule is CCC(CC)NC(=O)NC1COCC1(C)C(=O)O. The highest BCUT2D eigenvalue weighted by Gasteiger charge is 2.47. The molecule has 0 saturated carbocycles. The molecule has 0 aromatic carbocycles. The molecule has 0 spiro atoms. The van der Waals surface area contributed by atoms with Crippen LogP contribution in [0.5, 0.6) is 0 Å². The monoisotopic (exact) mass is 258 g/mol. The molecule has 6 nitrogen and oxygen atoms in total. The number of aliphatic carboxylic acids is 1. The maximum atomic E-state index is 11.8. The predicted molar refractivity (Wildman–Crippen MR) is 66.4 cm³/mol. The Bertz CT molecular complexity index is 317. The van der Waals surface area contributed by atoms with Gasteiger partial charge in [0.2, 0.25) is 0 Å². The van der Waals surface area contributed by atoms with Gasteiger partial charge in [-0.2, -0.15) is 0 Å². The van der Waals surface area contributed by atoms with Crippen LogP contribution in [0.1, 0.15) is 33.6 Å². The molecule has 2 amide bonds. The normalized spacial score (nSPS) is 27.2. The molecule has 1 aliphatic rings. The minimum absolute atomic E-state index is 0.114. The van der Waals surface area contributed by atoms with Crippen LogP contribution in [-0.2, 0) is 9.53 Å². The van der Waals surface area contributed by atoms with Gasteiger partial charge in [0, 0.05) is 6.04 Å². The van der Waals surface area contributed by atoms with Gasteiger partial charge in [0.25, 0.3) is 0 Å². The Kier molecular flexibility index (Phi) is 4.95. The van der Waals surface area contributed by atoms with Crippen LogP contribution in [0.15, 0.2) is 0 Å². The van der Waals surface area contributed by atoms with Crippen molar-refractivity contribution < 1.29 is 19.4 Å². The smallest absolute Gasteiger partial charge is 0.315 e. The molecule has 0 aromatic rings. The van der Waals surface area contributed by atoms with Gasteiger partial charge in [0.15, 0.2) is 0 Å². The van der Waals surface area contributed by atoms with Crippen LogP contribution in [0.25, 0.3) is 0 Å². The first-order valence-electron chi connectivity index (χ1n) is 6.32. The lowest BCUT2D eigenvalue weighted by Crippen LogP contribution is -2.53. The quantitative estimate of drug-likeness (QED) is 0.685. The predicted octanol–water partition coefficient (Wildman–Crippen LogP) is 0.964. The van der Waals surface area contributed by atoms with Crippen molar-refractivity contribution in [2.45, 2.75) is 45.7 Å². The lowest BCUT2D eigenvalue weighted by atomic mass is 9.85. The molecule has 0 aliphatic carbocycles. The highest BCUT2D eigenvalue weighted by atomic mass is 16.5. The van der Waals surface area contributed by atoms with Gasteiger partial charge in [0.1, 0.15) is 5.41 Å². The summed E-state index contributed by atoms with van der Waals surface area (Å²) in [4.78, 5) is 23.0. The fraction of sp³-hybridized carbons (Fsp3) is 0.833. The fourth-order valence-corrected chi connectivity index (χ4v) is 1.96. The molecule has 1 rings (SSSR count). The number of hydrogen-bond donors (Lipinski definition) is 3. The summed E-state index contributed by atoms with van der Waals surface area (Å²) in [7, 11) is 0. The third-order valence-electron chi connectivity index (χ3n) is 3.57. The Labute approximate surface area is 107 Å². The Morgan fingerprint density at radius 3 is 2.56 bits per heavy atom. The van der Waals surface area contributed by atoms with Crippen LogP contribution in [0, 0.1) is 5.41 Å². The van der Waals surface area contributed by atoms with Gasteiger partial charge in [0.05, 0.1) is 19.3 Å². The molecule has 104 valence electrons. The molecule has 1 heterocycles. The molecular weight excluding hydrogens is 236 g/mol. The van der Waals surface area contributed by atoms with E-state index in [1.807, 2.05) is 13.8 Å². The lowest BCUT2D eigenvalue weighted by Gasteiger charge is -2.26. The molecule has 6 heteroatoms. The van der Waals surface area contributed by atoms with Crippen molar-refractivity contribution >= 4 is 12.0 Å². The molecule has 0 bridgehead atoms. The lowest BCUT2D eigenvalue weighted by molar-refractivity contribution is -0.148. The summed E-state index contributed by atoms with van der Waals surface area (Å²) in [6.07, 6.45) is 1.70. The van der Waals surface area contributed by atoms with Gasteiger partial charge in [-0.3, -0.25) is 4.79 Å². The van der Waals surface area contributed by atoms with E-state index < -0.39 is 17.4 Å². The average molecular weight is 258 g/mol. The number of nitrogens with one attached hydrogen (secondary N) is 2. The van der Waals surface area contributed by atoms with Gasteiger partial charge in [-0.1, -0.05) is 13.8 Å². The molecule has 3 N–H and O–H groups in total. The van der Waals surface area contributed by atoms with Gasteiger partial charge in [-0.05, 0) is 19.8 Å². The first-order valence-corrected chi connectivity index (χ1v) is 6.32. The van der Waals surface area contributed by atoms with E-state index in [1.165, 1.54) is 0 Å². The molecule has 1 fully saturated rings. The Morgan fingerprint density at radius 2 is 2.06 bits per heavy atom. The highest BCUT2D eigenvalue weighted by Crippen LogP contribution is 2.28. The Hall–Kier alpha value is -1.30. The van der Waals surface area contributed by atoms with E-state index in [-0.39, 0.29) is 25.3 Å². The van der Waals surface area contributed by atoms with Crippen molar-refractivity contribution in [3.8, 4) is 0 Å². The molecule has 0 aromatic heterocycles. The van der Waals surface area contributed by atoms with Crippen molar-refractivity contribution in [3.63, 3.8) is 0 Å². The van der Waals surface area contributed by atoms with Gasteiger partial charge < -0.3 is 20.5 Å². The summed E-state index contributed by atoms with van der Waals surface area (Å²) in [6.45, 7) is 5.94. The summed E-state index contributed by atoms with van der Waals surface area (Å²) < 4.78 is 5.17. The van der Waals surface area contributed by atoms with Crippen LogP contribution in [0.3, 0.4) is 0 Å². The van der Waals surface area contributed by atoms with E-state index in [1.54, 1.807) is 6.92 Å². The number of hydrogen-bond acceptors (Lipinski definition) is 3. The van der Waals surface area contributed by atoms with Crippen molar-refractivity contribution in [2.24, 2.45) is 5.41 Å². The second-order valence-electron chi connectivity index (χ2n) is 4.92. The summed E-state index contributed by atoms with van der Waals surface area (Å²) in [5.41, 5.74) is -1.05. The third-order valence-corrected chi connectivity index (χ3v) is 3.57. The van der Waals surface area contributed by atoms with Crippen molar-refractivity contribution in [1.82, 2.24) is 10.6 Å². The number of ether oxygens (including phenoxy) is 1. The van der Waals surface area contributed by atoms with Crippen LogP contribution in [0.4, 0.5) is 4.79 Å². The average Bonchev–Trinajstić information content (AvgIpc) is 2.69. The molecule has 0 radical (unpaired) electrons. The first kappa shape index (κ1) is 14.8. The number of amides is 2. The van der Waals surface area contributed by atoms with Crippen molar-refractivity contribution in [2.75, 3.05) is 13.2 Å². The summed E-state index contributed by atoms with van der Waals surface area (Å²) in [6, 6.07) is -0.709. The second kappa shape index (κ2) is 6.04. The molecular formula is C12H22N2O4. The first-order chi connectivity index (χ1) is 8.43. The van der Waals surface area contributed by atoms with E-state index >= 15 is 0 Å². The van der Waals surface area contributed by atoms with E-state index in [0.717, 1.165) is 12.8 Å². The Balaban J connectivity index is 2.56. The van der Waals surface area contributed by atoms with E-state index in [9.17, 15) is 14.7 Å². The minimum Gasteiger partial charge on any atom is -0.481 e. The molecule has 2 unspecified atom stereocenters. The van der Waals surface area contributed by atoms with Crippen LogP contribution in [0.2, 0.25) is 0 Å². The summed E-state index contributed by atoms with van der Waals surface area (Å²) >= 11 is 0. The molecule has 1 aliphatic heterocycles. The topological polar surface area (TPSA) is 87.7 Å². The minimum atomic E-state index is -1.05. The summed E-state index contributed by atoms with van der Waals surface area (Å²) in [5, 5.41) is 14.7. The van der Waals surface area contributed by atoms with Gasteiger partial charge >= 0.3 is 12.0 Å². The van der Waals surface area contributed by atoms with Crippen LogP contribution < -0.4 is 10.6 Å². The molecule has 18 heavy (non-hydrogen) atoms. The van der Waals surface area contributed by atoms with Gasteiger partial charge in [-0.25, -0.2) is 4.79 Å². The summed E-state index contributed by atoms with van der Waals surface area (Å²) in [5.74, 6) is -0.951. The number of carboxylic acids is 1. The number of carbonyl (C=O) groups excluding carboxylic acids is 1. The molecule has 2 atom stereocenters. The van der Waals surface area contributed by atoms with Crippen molar-refractivity contribution in [3.05, 3.63) is 0 Å². The zero-order chi connectivity index (χ0) is 13.8. The van der Waals surface area contributed by atoms with E-state index in [4.69, 9.17) is 4.74 Å². The number of urea groups is 1. The van der Waals surface area contributed by atoms with Crippen LogP contribution >= 0.6 is 0 Å². The fourth-order valence-electron chi connectivity index (χ4n) is 1.96. The number of carboxylic acid groups (broad SMARTS) is 1. The maximum Gasteiger partial charge on any atom is 0.315 e. The zero-order valence-corrected chi connectivity index (χ0v) is 11.2. The van der Waals surface area contributed by atoms with Gasteiger partial charge in [-0.15, -0.1) is 0 Å². The van der Waals surface area contributed by atoms with E-state index in [0.29, 0.717) is 0 Å². The Morgan fingerprint density at radius 1 is 1.44 bits per heavy atom. The third kappa shape index (κ3) is 3.13. The van der Waals surface area contributed by atoms with Crippen molar-refractivity contribution in [1.29, 1.82) is 0 Å². The second-order valence-corrected chi connectivity index (χ2v) is 4.92. The number of carbonyl (C=O) groups is 2. The highest BCUT2D eigenvalue weighted by molar-refractivity contribution is 5.79. The molecule has 1 saturated heterocycles.